The number of hydrogen-bond acceptors (Lipinski definition) is 16. The van der Waals surface area contributed by atoms with Gasteiger partial charge in [-0.05, 0) is 49.2 Å². The van der Waals surface area contributed by atoms with E-state index in [1.165, 1.54) is 22.7 Å². The van der Waals surface area contributed by atoms with Crippen LogP contribution in [-0.2, 0) is 12.8 Å². The number of benzene rings is 4. The lowest BCUT2D eigenvalue weighted by molar-refractivity contribution is 0.274. The third kappa shape index (κ3) is 18.1. The molecule has 28 heteroatoms. The fourth-order valence-corrected chi connectivity index (χ4v) is 9.11. The highest BCUT2D eigenvalue weighted by Gasteiger charge is 2.21. The maximum Gasteiger partial charge on any atom is 0.185 e. The van der Waals surface area contributed by atoms with Gasteiger partial charge in [-0.3, -0.25) is 32.5 Å². The van der Waals surface area contributed by atoms with Gasteiger partial charge in [-0.1, -0.05) is 36.4 Å². The number of aryl methyl sites for hydroxylation is 2. The molecule has 2 aromatic heterocycles. The topological polar surface area (TPSA) is 453 Å². The van der Waals surface area contributed by atoms with Crippen molar-refractivity contribution in [3.63, 3.8) is 0 Å². The van der Waals surface area contributed by atoms with Crippen molar-refractivity contribution in [3.05, 3.63) is 94.9 Å². The van der Waals surface area contributed by atoms with Crippen LogP contribution in [0.1, 0.15) is 11.4 Å². The fourth-order valence-electron chi connectivity index (χ4n) is 7.40. The summed E-state index contributed by atoms with van der Waals surface area (Å²) in [6, 6.07) is 22.6. The summed E-state index contributed by atoms with van der Waals surface area (Å²) in [4.78, 5) is 10.0. The van der Waals surface area contributed by atoms with Gasteiger partial charge in [0, 0.05) is 44.1 Å². The average molecular weight is 1110 g/mol. The van der Waals surface area contributed by atoms with Crippen LogP contribution in [0.4, 0.5) is 0 Å². The van der Waals surface area contributed by atoms with E-state index in [1.54, 1.807) is 12.1 Å². The first-order valence-electron chi connectivity index (χ1n) is 24.3. The zero-order valence-corrected chi connectivity index (χ0v) is 44.2. The molecule has 6 rings (SSSR count). The van der Waals surface area contributed by atoms with Crippen LogP contribution >= 0.6 is 22.7 Å². The predicted octanol–water partition coefficient (Wildman–Crippen LogP) is 2.22. The molecular weight excluding hydrogens is 1040 g/mol. The molecular formula is C50H66N20O6S2. The Labute approximate surface area is 458 Å². The van der Waals surface area contributed by atoms with Gasteiger partial charge >= 0.3 is 0 Å². The monoisotopic (exact) mass is 1110 g/mol. The molecule has 0 saturated carbocycles. The van der Waals surface area contributed by atoms with Crippen molar-refractivity contribution < 1.29 is 28.4 Å². The Bertz CT molecular complexity index is 2830. The number of rotatable bonds is 31. The van der Waals surface area contributed by atoms with Gasteiger partial charge in [0.05, 0.1) is 50.7 Å². The molecule has 78 heavy (non-hydrogen) atoms. The second-order valence-corrected chi connectivity index (χ2v) is 18.3. The molecule has 2 heterocycles. The average Bonchev–Trinajstić information content (AvgIpc) is 4.18. The predicted molar refractivity (Wildman–Crippen MR) is 306 cm³/mol. The van der Waals surface area contributed by atoms with E-state index in [1.807, 2.05) is 71.4 Å². The van der Waals surface area contributed by atoms with Crippen LogP contribution in [-0.4, -0.2) is 125 Å². The van der Waals surface area contributed by atoms with Gasteiger partial charge in [0.15, 0.2) is 58.8 Å². The van der Waals surface area contributed by atoms with Crippen molar-refractivity contribution in [2.24, 2.45) is 34.4 Å². The molecule has 0 aliphatic carbocycles. The van der Waals surface area contributed by atoms with E-state index in [4.69, 9.17) is 105 Å². The highest BCUT2D eigenvalue weighted by molar-refractivity contribution is 7.13. The molecule has 0 amide bonds. The number of para-hydroxylation sites is 2. The first-order valence-corrected chi connectivity index (χ1v) is 26.1. The summed E-state index contributed by atoms with van der Waals surface area (Å²) in [6.07, 6.45) is 1.24. The first kappa shape index (κ1) is 57.8. The van der Waals surface area contributed by atoms with Crippen molar-refractivity contribution in [2.45, 2.75) is 12.8 Å². The van der Waals surface area contributed by atoms with E-state index in [0.29, 0.717) is 69.6 Å². The zero-order chi connectivity index (χ0) is 55.8. The molecule has 24 N–H and O–H groups in total. The number of guanidine groups is 6. The van der Waals surface area contributed by atoms with Gasteiger partial charge in [-0.25, -0.2) is 9.97 Å². The molecule has 0 aliphatic rings. The fraction of sp³-hybridized carbons (Fsp3) is 0.280. The molecule has 0 spiro atoms. The molecule has 414 valence electrons. The molecule has 6 aromatic rings. The smallest absolute Gasteiger partial charge is 0.185 e. The van der Waals surface area contributed by atoms with Crippen LogP contribution in [0.2, 0.25) is 0 Å². The Balaban J connectivity index is 1.23. The number of nitrogens with zero attached hydrogens (tertiary/aromatic N) is 2. The van der Waals surface area contributed by atoms with Gasteiger partial charge in [0.2, 0.25) is 0 Å². The Morgan fingerprint density at radius 3 is 1.01 bits per heavy atom. The highest BCUT2D eigenvalue weighted by atomic mass is 32.1. The molecule has 0 fully saturated rings. The zero-order valence-electron chi connectivity index (χ0n) is 42.6. The largest absolute Gasteiger partial charge is 0.491 e. The summed E-state index contributed by atoms with van der Waals surface area (Å²) in [7, 11) is 0. The van der Waals surface area contributed by atoms with Crippen molar-refractivity contribution in [3.8, 4) is 77.9 Å². The van der Waals surface area contributed by atoms with E-state index in [9.17, 15) is 0 Å². The van der Waals surface area contributed by atoms with Crippen LogP contribution in [0.25, 0.3) is 43.4 Å². The van der Waals surface area contributed by atoms with Gasteiger partial charge in [0.1, 0.15) is 61.2 Å². The standard InChI is InChI=1S/C50H66N20O6S2/c51-45(52)63-13-19-71-37-5-1-3-35(41(37)75-23-17-67-49(59)60)33-11-7-29(25-39(33)73-21-15-65-47(55)56)43-69-31(27-77-43)9-10-32-28-78-44(70-32)30-8-12-34(40(26-30)74-22-16-66-48(57)58)36-4-2-6-38(72-20-14-64-46(53)54)42(36)76-24-18-68-50(61)62/h1-8,11-12,25-28H,9-10,13-24H2,(H4,51,52,63)(H4,53,54,64)(H4,55,56,65)(H4,57,58,66)(H4,59,60,67)(H4,61,62,68). The number of nitrogens with one attached hydrogen (secondary N) is 12. The lowest BCUT2D eigenvalue weighted by Gasteiger charge is -2.19. The number of nitrogens with two attached hydrogens (primary N) is 6. The summed E-state index contributed by atoms with van der Waals surface area (Å²) in [5.74, 6) is 1.69. The summed E-state index contributed by atoms with van der Waals surface area (Å²) < 4.78 is 37.4. The third-order valence-electron chi connectivity index (χ3n) is 10.8. The van der Waals surface area contributed by atoms with Crippen molar-refractivity contribution >= 4 is 58.4 Å². The maximum atomic E-state index is 7.61. The summed E-state index contributed by atoms with van der Waals surface area (Å²) in [6.45, 7) is 2.70. The van der Waals surface area contributed by atoms with Gasteiger partial charge in [-0.2, -0.15) is 0 Å². The van der Waals surface area contributed by atoms with E-state index < -0.39 is 0 Å². The number of aromatic nitrogens is 2. The number of thiazole rings is 2. The minimum atomic E-state index is -0.187. The molecule has 0 unspecified atom stereocenters. The Morgan fingerprint density at radius 1 is 0.385 bits per heavy atom. The quantitative estimate of drug-likeness (QED) is 0.0169. The SMILES string of the molecule is N=C(N)NCCOc1cc(-c2nc(CCc3csc(-c4ccc(-c5cccc(OCCNC(=N)N)c5OCCNC(=N)N)c(OCCNC(=N)N)c4)n3)cs2)ccc1-c1cccc(OCCNC(=N)N)c1OCCNC(=N)N. The van der Waals surface area contributed by atoms with Crippen LogP contribution in [0.15, 0.2) is 83.6 Å². The van der Waals surface area contributed by atoms with E-state index in [-0.39, 0.29) is 115 Å². The van der Waals surface area contributed by atoms with Crippen LogP contribution in [0.3, 0.4) is 0 Å². The Hall–Kier alpha value is -9.44. The van der Waals surface area contributed by atoms with Gasteiger partial charge in [0.25, 0.3) is 0 Å². The normalized spacial score (nSPS) is 10.6. The Morgan fingerprint density at radius 2 is 0.692 bits per heavy atom. The third-order valence-corrected chi connectivity index (χ3v) is 12.6. The van der Waals surface area contributed by atoms with Crippen LogP contribution in [0.5, 0.6) is 34.5 Å². The minimum Gasteiger partial charge on any atom is -0.491 e. The molecule has 4 aromatic carbocycles. The molecule has 0 radical (unpaired) electrons. The van der Waals surface area contributed by atoms with Crippen molar-refractivity contribution in [2.75, 3.05) is 78.9 Å². The van der Waals surface area contributed by atoms with E-state index >= 15 is 0 Å². The van der Waals surface area contributed by atoms with E-state index in [0.717, 1.165) is 32.5 Å². The summed E-state index contributed by atoms with van der Waals surface area (Å²) >= 11 is 3.01. The number of hydrogen-bond donors (Lipinski definition) is 18. The van der Waals surface area contributed by atoms with Crippen molar-refractivity contribution in [1.82, 2.24) is 41.9 Å². The number of ether oxygens (including phenoxy) is 6. The summed E-state index contributed by atoms with van der Waals surface area (Å²) in [5.41, 5.74) is 39.2. The second kappa shape index (κ2) is 29.6. The van der Waals surface area contributed by atoms with Crippen molar-refractivity contribution in [1.29, 1.82) is 32.5 Å². The highest BCUT2D eigenvalue weighted by Crippen LogP contribution is 2.45. The summed E-state index contributed by atoms with van der Waals surface area (Å²) in [5, 5.41) is 67.4. The molecule has 26 nitrogen and oxygen atoms in total. The molecule has 0 bridgehead atoms. The lowest BCUT2D eigenvalue weighted by atomic mass is 10.0. The van der Waals surface area contributed by atoms with E-state index in [2.05, 4.69) is 31.9 Å². The van der Waals surface area contributed by atoms with Gasteiger partial charge in [-0.15, -0.1) is 22.7 Å². The lowest BCUT2D eigenvalue weighted by Crippen LogP contribution is -2.34. The molecule has 0 saturated heterocycles. The molecule has 0 atom stereocenters. The maximum absolute atomic E-state index is 7.61. The van der Waals surface area contributed by atoms with Crippen LogP contribution < -0.4 is 94.7 Å². The van der Waals surface area contributed by atoms with Gasteiger partial charge < -0.3 is 94.7 Å². The first-order chi connectivity index (χ1) is 37.6. The van der Waals surface area contributed by atoms with Crippen LogP contribution in [0, 0.1) is 32.5 Å². The Kier molecular flexibility index (Phi) is 21.9. The second-order valence-electron chi connectivity index (χ2n) is 16.6. The minimum absolute atomic E-state index is 0.156. The molecule has 0 aliphatic heterocycles.